The molecule has 0 bridgehead atoms. The van der Waals surface area contributed by atoms with Crippen LogP contribution in [0.2, 0.25) is 5.02 Å². The Balaban J connectivity index is 3.09. The van der Waals surface area contributed by atoms with Gasteiger partial charge < -0.3 is 9.47 Å². The van der Waals surface area contributed by atoms with Gasteiger partial charge in [-0.15, -0.1) is 0 Å². The molecule has 0 aliphatic carbocycles. The van der Waals surface area contributed by atoms with Crippen molar-refractivity contribution in [3.63, 3.8) is 0 Å². The normalized spacial score (nSPS) is 13.8. The SMILES string of the molecule is COC(OC)C(C)NS(=O)(=O)c1cc(C)c(Cl)cc1C. The Hall–Kier alpha value is -0.660. The number of methoxy groups -OCH3 is 2. The second-order valence-electron chi connectivity index (χ2n) is 4.62. The van der Waals surface area contributed by atoms with Crippen LogP contribution in [0.3, 0.4) is 0 Å². The van der Waals surface area contributed by atoms with E-state index in [1.54, 1.807) is 32.9 Å². The summed E-state index contributed by atoms with van der Waals surface area (Å²) in [5.41, 5.74) is 1.30. The summed E-state index contributed by atoms with van der Waals surface area (Å²) in [6, 6.07) is 2.67. The molecule has 1 unspecified atom stereocenters. The molecule has 1 rings (SSSR count). The minimum atomic E-state index is -3.66. The molecule has 20 heavy (non-hydrogen) atoms. The highest BCUT2D eigenvalue weighted by Crippen LogP contribution is 2.24. The number of hydrogen-bond donors (Lipinski definition) is 1. The molecule has 114 valence electrons. The fraction of sp³-hybridized carbons (Fsp3) is 0.538. The average Bonchev–Trinajstić information content (AvgIpc) is 2.34. The van der Waals surface area contributed by atoms with E-state index in [4.69, 9.17) is 21.1 Å². The predicted octanol–water partition coefficient (Wildman–Crippen LogP) is 2.24. The standard InChI is InChI=1S/C13H20ClNO4S/c1-8-7-12(9(2)6-11(8)14)20(16,17)15-10(3)13(18-4)19-5/h6-7,10,13,15H,1-5H3. The van der Waals surface area contributed by atoms with Crippen LogP contribution in [-0.2, 0) is 19.5 Å². The highest BCUT2D eigenvalue weighted by molar-refractivity contribution is 7.89. The van der Waals surface area contributed by atoms with E-state index in [1.165, 1.54) is 14.2 Å². The Morgan fingerprint density at radius 3 is 2.20 bits per heavy atom. The monoisotopic (exact) mass is 321 g/mol. The maximum Gasteiger partial charge on any atom is 0.241 e. The van der Waals surface area contributed by atoms with Gasteiger partial charge in [-0.2, -0.15) is 0 Å². The van der Waals surface area contributed by atoms with Crippen LogP contribution in [-0.4, -0.2) is 35.0 Å². The van der Waals surface area contributed by atoms with Gasteiger partial charge in [-0.1, -0.05) is 11.6 Å². The molecule has 1 N–H and O–H groups in total. The molecule has 0 spiro atoms. The van der Waals surface area contributed by atoms with Crippen LogP contribution >= 0.6 is 11.6 Å². The zero-order chi connectivity index (χ0) is 15.5. The summed E-state index contributed by atoms with van der Waals surface area (Å²) in [4.78, 5) is 0.206. The highest BCUT2D eigenvalue weighted by Gasteiger charge is 2.25. The average molecular weight is 322 g/mol. The Morgan fingerprint density at radius 1 is 1.15 bits per heavy atom. The number of hydrogen-bond acceptors (Lipinski definition) is 4. The summed E-state index contributed by atoms with van der Waals surface area (Å²) in [6.07, 6.45) is -0.654. The highest BCUT2D eigenvalue weighted by atomic mass is 35.5. The van der Waals surface area contributed by atoms with Crippen molar-refractivity contribution in [2.75, 3.05) is 14.2 Å². The Morgan fingerprint density at radius 2 is 1.70 bits per heavy atom. The van der Waals surface area contributed by atoms with Crippen molar-refractivity contribution in [3.8, 4) is 0 Å². The molecule has 0 fully saturated rings. The van der Waals surface area contributed by atoms with E-state index in [9.17, 15) is 8.42 Å². The smallest absolute Gasteiger partial charge is 0.241 e. The summed E-state index contributed by atoms with van der Waals surface area (Å²) < 4.78 is 37.4. The molecule has 0 radical (unpaired) electrons. The van der Waals surface area contributed by atoms with E-state index in [1.807, 2.05) is 0 Å². The number of aryl methyl sites for hydroxylation is 2. The lowest BCUT2D eigenvalue weighted by Gasteiger charge is -2.22. The fourth-order valence-electron chi connectivity index (χ4n) is 1.91. The van der Waals surface area contributed by atoms with Crippen LogP contribution in [0.5, 0.6) is 0 Å². The van der Waals surface area contributed by atoms with E-state index in [2.05, 4.69) is 4.72 Å². The van der Waals surface area contributed by atoms with E-state index in [-0.39, 0.29) is 4.90 Å². The van der Waals surface area contributed by atoms with Crippen LogP contribution in [0.1, 0.15) is 18.1 Å². The topological polar surface area (TPSA) is 64.6 Å². The lowest BCUT2D eigenvalue weighted by atomic mass is 10.2. The molecule has 0 saturated carbocycles. The van der Waals surface area contributed by atoms with Gasteiger partial charge in [0.15, 0.2) is 6.29 Å². The first-order valence-electron chi connectivity index (χ1n) is 6.07. The predicted molar refractivity (Wildman–Crippen MR) is 78.5 cm³/mol. The first-order valence-corrected chi connectivity index (χ1v) is 7.93. The van der Waals surface area contributed by atoms with Gasteiger partial charge in [-0.25, -0.2) is 13.1 Å². The zero-order valence-electron chi connectivity index (χ0n) is 12.2. The maximum atomic E-state index is 12.4. The van der Waals surface area contributed by atoms with Gasteiger partial charge in [0.2, 0.25) is 10.0 Å². The molecule has 1 aromatic rings. The number of sulfonamides is 1. The lowest BCUT2D eigenvalue weighted by molar-refractivity contribution is -0.115. The van der Waals surface area contributed by atoms with Crippen molar-refractivity contribution in [3.05, 3.63) is 28.3 Å². The molecular formula is C13H20ClNO4S. The molecule has 0 saturated heterocycles. The van der Waals surface area contributed by atoms with E-state index < -0.39 is 22.4 Å². The van der Waals surface area contributed by atoms with Gasteiger partial charge in [-0.3, -0.25) is 0 Å². The summed E-state index contributed by atoms with van der Waals surface area (Å²) >= 11 is 5.98. The lowest BCUT2D eigenvalue weighted by Crippen LogP contribution is -2.43. The van der Waals surface area contributed by atoms with Crippen molar-refractivity contribution in [1.29, 1.82) is 0 Å². The Kier molecular flexibility index (Phi) is 5.97. The molecule has 0 aromatic heterocycles. The Bertz CT molecular complexity index is 570. The molecule has 0 heterocycles. The fourth-order valence-corrected chi connectivity index (χ4v) is 3.67. The number of rotatable bonds is 6. The van der Waals surface area contributed by atoms with Crippen molar-refractivity contribution in [2.45, 2.75) is 38.0 Å². The number of nitrogens with one attached hydrogen (secondary N) is 1. The van der Waals surface area contributed by atoms with Crippen LogP contribution in [0.15, 0.2) is 17.0 Å². The van der Waals surface area contributed by atoms with Crippen LogP contribution in [0, 0.1) is 13.8 Å². The second-order valence-corrected chi connectivity index (χ2v) is 6.71. The van der Waals surface area contributed by atoms with Gasteiger partial charge in [0.05, 0.1) is 10.9 Å². The van der Waals surface area contributed by atoms with Gasteiger partial charge in [0.1, 0.15) is 0 Å². The Labute approximate surface area is 125 Å². The third kappa shape index (κ3) is 3.93. The minimum Gasteiger partial charge on any atom is -0.354 e. The molecule has 5 nitrogen and oxygen atoms in total. The second kappa shape index (κ2) is 6.87. The molecule has 1 aromatic carbocycles. The first-order chi connectivity index (χ1) is 9.22. The van der Waals surface area contributed by atoms with Crippen molar-refractivity contribution in [2.24, 2.45) is 0 Å². The van der Waals surface area contributed by atoms with Crippen molar-refractivity contribution in [1.82, 2.24) is 4.72 Å². The van der Waals surface area contributed by atoms with E-state index in [0.717, 1.165) is 0 Å². The summed E-state index contributed by atoms with van der Waals surface area (Å²) in [7, 11) is -0.753. The quantitative estimate of drug-likeness (QED) is 0.816. The first kappa shape index (κ1) is 17.4. The summed E-state index contributed by atoms with van der Waals surface area (Å²) in [5, 5.41) is 0.543. The third-order valence-electron chi connectivity index (χ3n) is 2.96. The van der Waals surface area contributed by atoms with Gasteiger partial charge >= 0.3 is 0 Å². The van der Waals surface area contributed by atoms with Gasteiger partial charge in [0.25, 0.3) is 0 Å². The van der Waals surface area contributed by atoms with Crippen molar-refractivity contribution >= 4 is 21.6 Å². The summed E-state index contributed by atoms with van der Waals surface area (Å²) in [5.74, 6) is 0. The number of benzene rings is 1. The molecule has 0 amide bonds. The maximum absolute atomic E-state index is 12.4. The van der Waals surface area contributed by atoms with Gasteiger partial charge in [0, 0.05) is 19.2 Å². The van der Waals surface area contributed by atoms with Crippen LogP contribution in [0.4, 0.5) is 0 Å². The zero-order valence-corrected chi connectivity index (χ0v) is 13.8. The molecule has 7 heteroatoms. The molecular weight excluding hydrogens is 302 g/mol. The molecule has 1 atom stereocenters. The number of ether oxygens (including phenoxy) is 2. The number of halogens is 1. The van der Waals surface area contributed by atoms with Gasteiger partial charge in [-0.05, 0) is 44.0 Å². The van der Waals surface area contributed by atoms with Crippen LogP contribution in [0.25, 0.3) is 0 Å². The summed E-state index contributed by atoms with van der Waals surface area (Å²) in [6.45, 7) is 5.14. The van der Waals surface area contributed by atoms with E-state index in [0.29, 0.717) is 16.1 Å². The largest absolute Gasteiger partial charge is 0.354 e. The van der Waals surface area contributed by atoms with Crippen LogP contribution < -0.4 is 4.72 Å². The molecule has 0 aliphatic rings. The van der Waals surface area contributed by atoms with Crippen molar-refractivity contribution < 1.29 is 17.9 Å². The molecule has 0 aliphatic heterocycles. The van der Waals surface area contributed by atoms with E-state index >= 15 is 0 Å². The minimum absolute atomic E-state index is 0.206. The third-order valence-corrected chi connectivity index (χ3v) is 5.07.